The molecule has 0 fully saturated rings. The molecular formula is C12H13N3O6S. The Hall–Kier alpha value is -2.46. The molecule has 3 N–H and O–H groups in total. The number of benzene rings is 1. The third-order valence-electron chi connectivity index (χ3n) is 3.33. The van der Waals surface area contributed by atoms with Crippen molar-refractivity contribution in [2.24, 2.45) is 5.10 Å². The van der Waals surface area contributed by atoms with Gasteiger partial charge >= 0.3 is 6.09 Å². The number of sulfone groups is 1. The highest BCUT2D eigenvalue weighted by atomic mass is 32.2. The molecule has 118 valence electrons. The van der Waals surface area contributed by atoms with E-state index >= 15 is 0 Å². The Morgan fingerprint density at radius 1 is 1.32 bits per heavy atom. The zero-order chi connectivity index (χ0) is 16.7. The summed E-state index contributed by atoms with van der Waals surface area (Å²) in [6.07, 6.45) is -0.676. The van der Waals surface area contributed by atoms with E-state index in [0.29, 0.717) is 5.56 Å². The minimum atomic E-state index is -3.39. The molecule has 0 radical (unpaired) electrons. The van der Waals surface area contributed by atoms with Gasteiger partial charge in [-0.15, -0.1) is 0 Å². The van der Waals surface area contributed by atoms with Crippen LogP contribution in [0, 0.1) is 0 Å². The molecule has 0 aromatic heterocycles. The van der Waals surface area contributed by atoms with Crippen molar-refractivity contribution < 1.29 is 28.3 Å². The van der Waals surface area contributed by atoms with Gasteiger partial charge in [0.2, 0.25) is 0 Å². The first-order valence-corrected chi connectivity index (χ1v) is 7.88. The van der Waals surface area contributed by atoms with E-state index in [9.17, 15) is 23.2 Å². The van der Waals surface area contributed by atoms with Crippen LogP contribution in [0.2, 0.25) is 0 Å². The number of nitrogens with zero attached hydrogens (tertiary/aromatic N) is 2. The molecule has 0 bridgehead atoms. The summed E-state index contributed by atoms with van der Waals surface area (Å²) in [7, 11) is -3.39. The smallest absolute Gasteiger partial charge is 0.432 e. The topological polar surface area (TPSA) is 136 Å². The van der Waals surface area contributed by atoms with Gasteiger partial charge < -0.3 is 5.11 Å². The van der Waals surface area contributed by atoms with Crippen LogP contribution in [-0.2, 0) is 14.6 Å². The SMILES string of the molecule is CC1(N(O)C(=O)O)C(=O)NN=C1c1ccc(S(C)(=O)=O)cc1. The fourth-order valence-electron chi connectivity index (χ4n) is 2.03. The number of amides is 2. The van der Waals surface area contributed by atoms with E-state index in [4.69, 9.17) is 5.11 Å². The molecule has 1 aromatic carbocycles. The fourth-order valence-corrected chi connectivity index (χ4v) is 2.66. The van der Waals surface area contributed by atoms with Crippen molar-refractivity contribution in [1.82, 2.24) is 10.5 Å². The summed E-state index contributed by atoms with van der Waals surface area (Å²) in [5.74, 6) is -0.820. The predicted octanol–water partition coefficient (Wildman–Crippen LogP) is 0.0519. The van der Waals surface area contributed by atoms with E-state index in [0.717, 1.165) is 6.26 Å². The number of hydrazone groups is 1. The lowest BCUT2D eigenvalue weighted by Gasteiger charge is -2.29. The summed E-state index contributed by atoms with van der Waals surface area (Å²) in [6, 6.07) is 5.37. The maximum Gasteiger partial charge on any atom is 0.432 e. The van der Waals surface area contributed by atoms with E-state index in [-0.39, 0.29) is 15.7 Å². The van der Waals surface area contributed by atoms with Crippen LogP contribution in [0.4, 0.5) is 4.79 Å². The van der Waals surface area contributed by atoms with Crippen LogP contribution < -0.4 is 5.43 Å². The van der Waals surface area contributed by atoms with Gasteiger partial charge in [0.25, 0.3) is 5.91 Å². The maximum absolute atomic E-state index is 11.9. The standard InChI is InChI=1S/C12H13N3O6S/c1-12(15(19)11(17)18)9(13-14-10(12)16)7-3-5-8(6-4-7)22(2,20)21/h3-6,19H,1-2H3,(H,14,16)(H,17,18). The molecule has 1 aliphatic rings. The Bertz CT molecular complexity index is 771. The van der Waals surface area contributed by atoms with Crippen LogP contribution in [0.25, 0.3) is 0 Å². The van der Waals surface area contributed by atoms with Gasteiger partial charge in [-0.25, -0.2) is 18.6 Å². The molecule has 0 saturated heterocycles. The Balaban J connectivity index is 2.47. The van der Waals surface area contributed by atoms with Crippen molar-refractivity contribution in [1.29, 1.82) is 0 Å². The van der Waals surface area contributed by atoms with E-state index in [1.165, 1.54) is 31.2 Å². The highest BCUT2D eigenvalue weighted by molar-refractivity contribution is 7.90. The lowest BCUT2D eigenvalue weighted by atomic mass is 9.90. The third kappa shape index (κ3) is 2.42. The summed E-state index contributed by atoms with van der Waals surface area (Å²) in [5, 5.41) is 22.2. The summed E-state index contributed by atoms with van der Waals surface area (Å²) in [6.45, 7) is 1.19. The van der Waals surface area contributed by atoms with Crippen LogP contribution in [0.1, 0.15) is 12.5 Å². The average molecular weight is 327 g/mol. The van der Waals surface area contributed by atoms with Crippen LogP contribution in [-0.4, -0.2) is 53.3 Å². The molecule has 0 aliphatic carbocycles. The van der Waals surface area contributed by atoms with E-state index in [1.807, 2.05) is 0 Å². The Labute approximate surface area is 125 Å². The molecule has 1 aromatic rings. The van der Waals surface area contributed by atoms with Gasteiger partial charge in [0, 0.05) is 11.8 Å². The number of carbonyl (C=O) groups excluding carboxylic acids is 1. The molecule has 0 saturated carbocycles. The van der Waals surface area contributed by atoms with Gasteiger partial charge in [-0.05, 0) is 19.1 Å². The first-order chi connectivity index (χ1) is 10.1. The summed E-state index contributed by atoms with van der Waals surface area (Å²) < 4.78 is 22.8. The van der Waals surface area contributed by atoms with Crippen molar-refractivity contribution in [2.75, 3.05) is 6.26 Å². The second-order valence-electron chi connectivity index (χ2n) is 4.86. The third-order valence-corrected chi connectivity index (χ3v) is 4.46. The van der Waals surface area contributed by atoms with Crippen molar-refractivity contribution in [3.8, 4) is 0 Å². The number of hydrogen-bond acceptors (Lipinski definition) is 6. The van der Waals surface area contributed by atoms with E-state index in [1.54, 1.807) is 0 Å². The zero-order valence-electron chi connectivity index (χ0n) is 11.6. The first kappa shape index (κ1) is 15.9. The van der Waals surface area contributed by atoms with Gasteiger partial charge in [-0.2, -0.15) is 10.2 Å². The van der Waals surface area contributed by atoms with Gasteiger partial charge in [0.15, 0.2) is 15.4 Å². The highest BCUT2D eigenvalue weighted by Gasteiger charge is 2.51. The number of hydroxylamine groups is 2. The summed E-state index contributed by atoms with van der Waals surface area (Å²) >= 11 is 0. The molecular weight excluding hydrogens is 314 g/mol. The number of nitrogens with one attached hydrogen (secondary N) is 1. The number of rotatable bonds is 3. The van der Waals surface area contributed by atoms with Crippen LogP contribution in [0.15, 0.2) is 34.3 Å². The Morgan fingerprint density at radius 2 is 1.86 bits per heavy atom. The first-order valence-electron chi connectivity index (χ1n) is 5.99. The van der Waals surface area contributed by atoms with Gasteiger partial charge in [-0.3, -0.25) is 10.0 Å². The fraction of sp³-hybridized carbons (Fsp3) is 0.250. The minimum Gasteiger partial charge on any atom is -0.463 e. The zero-order valence-corrected chi connectivity index (χ0v) is 12.5. The molecule has 1 atom stereocenters. The van der Waals surface area contributed by atoms with Gasteiger partial charge in [-0.1, -0.05) is 12.1 Å². The molecule has 2 amide bonds. The summed E-state index contributed by atoms with van der Waals surface area (Å²) in [5.41, 5.74) is 0.433. The maximum atomic E-state index is 11.9. The Kier molecular flexibility index (Phi) is 3.67. The molecule has 1 heterocycles. The molecule has 0 spiro atoms. The quantitative estimate of drug-likeness (QED) is 0.530. The van der Waals surface area contributed by atoms with E-state index in [2.05, 4.69) is 10.5 Å². The van der Waals surface area contributed by atoms with Crippen molar-refractivity contribution in [2.45, 2.75) is 17.4 Å². The lowest BCUT2D eigenvalue weighted by Crippen LogP contribution is -2.57. The monoisotopic (exact) mass is 327 g/mol. The molecule has 22 heavy (non-hydrogen) atoms. The largest absolute Gasteiger partial charge is 0.463 e. The van der Waals surface area contributed by atoms with Crippen molar-refractivity contribution in [3.05, 3.63) is 29.8 Å². The molecule has 9 nitrogen and oxygen atoms in total. The van der Waals surface area contributed by atoms with Crippen LogP contribution in [0.3, 0.4) is 0 Å². The second kappa shape index (κ2) is 5.07. The second-order valence-corrected chi connectivity index (χ2v) is 6.88. The molecule has 1 aliphatic heterocycles. The summed E-state index contributed by atoms with van der Waals surface area (Å²) in [4.78, 5) is 22.9. The van der Waals surface area contributed by atoms with Crippen molar-refractivity contribution in [3.63, 3.8) is 0 Å². The Morgan fingerprint density at radius 3 is 2.32 bits per heavy atom. The highest BCUT2D eigenvalue weighted by Crippen LogP contribution is 2.25. The normalized spacial score (nSPS) is 21.2. The number of hydrogen-bond donors (Lipinski definition) is 3. The molecule has 10 heteroatoms. The van der Waals surface area contributed by atoms with Crippen LogP contribution >= 0.6 is 0 Å². The van der Waals surface area contributed by atoms with Crippen molar-refractivity contribution >= 4 is 27.5 Å². The van der Waals surface area contributed by atoms with Crippen LogP contribution in [0.5, 0.6) is 0 Å². The molecule has 1 unspecified atom stereocenters. The number of carboxylic acid groups (broad SMARTS) is 1. The lowest BCUT2D eigenvalue weighted by molar-refractivity contribution is -0.148. The average Bonchev–Trinajstić information content (AvgIpc) is 2.74. The van der Waals surface area contributed by atoms with Gasteiger partial charge in [0.05, 0.1) is 4.90 Å². The molecule has 2 rings (SSSR count). The van der Waals surface area contributed by atoms with E-state index < -0.39 is 27.4 Å². The predicted molar refractivity (Wildman–Crippen MR) is 74.3 cm³/mol. The van der Waals surface area contributed by atoms with Gasteiger partial charge in [0.1, 0.15) is 5.71 Å². The number of carbonyl (C=O) groups is 2. The minimum absolute atomic E-state index is 0.0394.